The smallest absolute Gasteiger partial charge is 0.305 e. The second-order valence-corrected chi connectivity index (χ2v) is 4.54. The standard InChI is InChI=1S/C12H25NO7/c1-20-10(17)4-2-3-5-13-6-8(15)11(18)12(19)9(16)7-14/h8-9,11-16,18-19H,2-7H2,1H3. The number of rotatable bonds is 11. The summed E-state index contributed by atoms with van der Waals surface area (Å²) >= 11 is 0. The SMILES string of the molecule is COC(=O)CCCCNCC(O)C(O)C(O)C(O)CO. The van der Waals surface area contributed by atoms with Crippen molar-refractivity contribution in [1.29, 1.82) is 0 Å². The van der Waals surface area contributed by atoms with Gasteiger partial charge in [0.05, 0.1) is 19.8 Å². The van der Waals surface area contributed by atoms with Crippen molar-refractivity contribution in [1.82, 2.24) is 5.32 Å². The van der Waals surface area contributed by atoms with Crippen LogP contribution in [0, 0.1) is 0 Å². The van der Waals surface area contributed by atoms with Crippen molar-refractivity contribution in [2.24, 2.45) is 0 Å². The predicted molar refractivity (Wildman–Crippen MR) is 69.8 cm³/mol. The van der Waals surface area contributed by atoms with Crippen LogP contribution >= 0.6 is 0 Å². The third kappa shape index (κ3) is 7.73. The summed E-state index contributed by atoms with van der Waals surface area (Å²) in [5, 5.41) is 49.1. The van der Waals surface area contributed by atoms with Crippen molar-refractivity contribution in [2.45, 2.75) is 43.7 Å². The molecular weight excluding hydrogens is 270 g/mol. The number of carbonyl (C=O) groups excluding carboxylic acids is 1. The lowest BCUT2D eigenvalue weighted by molar-refractivity contribution is -0.140. The van der Waals surface area contributed by atoms with Crippen LogP contribution in [-0.4, -0.2) is 82.7 Å². The van der Waals surface area contributed by atoms with E-state index in [1.165, 1.54) is 7.11 Å². The molecule has 0 spiro atoms. The van der Waals surface area contributed by atoms with Crippen LogP contribution in [0.3, 0.4) is 0 Å². The van der Waals surface area contributed by atoms with Crippen LogP contribution in [0.15, 0.2) is 0 Å². The molecule has 0 saturated carbocycles. The minimum Gasteiger partial charge on any atom is -0.469 e. The maximum atomic E-state index is 10.8. The molecule has 8 heteroatoms. The molecule has 0 aliphatic carbocycles. The van der Waals surface area contributed by atoms with Crippen LogP contribution in [-0.2, 0) is 9.53 Å². The number of carbonyl (C=O) groups is 1. The van der Waals surface area contributed by atoms with Gasteiger partial charge >= 0.3 is 5.97 Å². The first kappa shape index (κ1) is 19.2. The Morgan fingerprint density at radius 1 is 1.10 bits per heavy atom. The number of aliphatic hydroxyl groups excluding tert-OH is 5. The normalized spacial score (nSPS) is 17.3. The first-order valence-corrected chi connectivity index (χ1v) is 6.54. The monoisotopic (exact) mass is 295 g/mol. The van der Waals surface area contributed by atoms with Gasteiger partial charge in [-0.1, -0.05) is 0 Å². The molecule has 120 valence electrons. The van der Waals surface area contributed by atoms with Gasteiger partial charge in [0.2, 0.25) is 0 Å². The summed E-state index contributed by atoms with van der Waals surface area (Å²) in [4.78, 5) is 10.8. The van der Waals surface area contributed by atoms with Crippen molar-refractivity contribution >= 4 is 5.97 Å². The highest BCUT2D eigenvalue weighted by atomic mass is 16.5. The zero-order valence-electron chi connectivity index (χ0n) is 11.6. The number of aliphatic hydroxyl groups is 5. The highest BCUT2D eigenvalue weighted by molar-refractivity contribution is 5.68. The molecule has 0 radical (unpaired) electrons. The van der Waals surface area contributed by atoms with Gasteiger partial charge in [-0.3, -0.25) is 4.79 Å². The van der Waals surface area contributed by atoms with Crippen LogP contribution in [0.1, 0.15) is 19.3 Å². The Morgan fingerprint density at radius 2 is 1.70 bits per heavy atom. The minimum absolute atomic E-state index is 0.0224. The Morgan fingerprint density at radius 3 is 2.25 bits per heavy atom. The number of methoxy groups -OCH3 is 1. The van der Waals surface area contributed by atoms with Gasteiger partial charge < -0.3 is 35.6 Å². The molecule has 20 heavy (non-hydrogen) atoms. The fourth-order valence-electron chi connectivity index (χ4n) is 1.56. The van der Waals surface area contributed by atoms with Crippen LogP contribution in [0.25, 0.3) is 0 Å². The Balaban J connectivity index is 3.71. The highest BCUT2D eigenvalue weighted by Gasteiger charge is 2.29. The predicted octanol–water partition coefficient (Wildman–Crippen LogP) is -2.64. The van der Waals surface area contributed by atoms with Crippen LogP contribution in [0.2, 0.25) is 0 Å². The van der Waals surface area contributed by atoms with E-state index in [0.29, 0.717) is 25.8 Å². The molecule has 0 amide bonds. The summed E-state index contributed by atoms with van der Waals surface area (Å²) in [6.45, 7) is -0.153. The molecular formula is C12H25NO7. The molecule has 6 N–H and O–H groups in total. The molecule has 0 rings (SSSR count). The molecule has 0 heterocycles. The van der Waals surface area contributed by atoms with E-state index >= 15 is 0 Å². The summed E-state index contributed by atoms with van der Waals surface area (Å²) in [6.07, 6.45) is -4.28. The number of hydrogen-bond donors (Lipinski definition) is 6. The Bertz CT molecular complexity index is 264. The molecule has 4 unspecified atom stereocenters. The van der Waals surface area contributed by atoms with Gasteiger partial charge in [0.15, 0.2) is 0 Å². The van der Waals surface area contributed by atoms with Crippen molar-refractivity contribution in [3.63, 3.8) is 0 Å². The maximum Gasteiger partial charge on any atom is 0.305 e. The van der Waals surface area contributed by atoms with E-state index < -0.39 is 31.0 Å². The Hall–Kier alpha value is -0.770. The van der Waals surface area contributed by atoms with E-state index in [1.54, 1.807) is 0 Å². The molecule has 0 aliphatic heterocycles. The third-order valence-electron chi connectivity index (χ3n) is 2.89. The maximum absolute atomic E-state index is 10.8. The molecule has 0 aromatic carbocycles. The molecule has 0 aliphatic rings. The quantitative estimate of drug-likeness (QED) is 0.179. The molecule has 0 saturated heterocycles. The van der Waals surface area contributed by atoms with Crippen LogP contribution in [0.5, 0.6) is 0 Å². The number of esters is 1. The van der Waals surface area contributed by atoms with E-state index in [1.807, 2.05) is 0 Å². The summed E-state index contributed by atoms with van der Waals surface area (Å²) in [5.41, 5.74) is 0. The number of nitrogens with one attached hydrogen (secondary N) is 1. The number of unbranched alkanes of at least 4 members (excludes halogenated alkanes) is 1. The van der Waals surface area contributed by atoms with Gasteiger partial charge in [0, 0.05) is 13.0 Å². The van der Waals surface area contributed by atoms with Gasteiger partial charge in [0.1, 0.15) is 18.3 Å². The average Bonchev–Trinajstić information content (AvgIpc) is 2.47. The van der Waals surface area contributed by atoms with Crippen LogP contribution in [0.4, 0.5) is 0 Å². The Labute approximate surface area is 118 Å². The molecule has 8 nitrogen and oxygen atoms in total. The fourth-order valence-corrected chi connectivity index (χ4v) is 1.56. The summed E-state index contributed by atoms with van der Waals surface area (Å²) in [5.74, 6) is -0.276. The summed E-state index contributed by atoms with van der Waals surface area (Å²) in [6, 6.07) is 0. The second-order valence-electron chi connectivity index (χ2n) is 4.54. The van der Waals surface area contributed by atoms with E-state index in [2.05, 4.69) is 10.1 Å². The lowest BCUT2D eigenvalue weighted by Gasteiger charge is -2.25. The number of ether oxygens (including phenoxy) is 1. The zero-order valence-corrected chi connectivity index (χ0v) is 11.6. The van der Waals surface area contributed by atoms with E-state index in [4.69, 9.17) is 10.2 Å². The van der Waals surface area contributed by atoms with E-state index in [-0.39, 0.29) is 12.5 Å². The first-order valence-electron chi connectivity index (χ1n) is 6.54. The lowest BCUT2D eigenvalue weighted by atomic mass is 10.0. The van der Waals surface area contributed by atoms with Gasteiger partial charge in [-0.05, 0) is 19.4 Å². The summed E-state index contributed by atoms with van der Waals surface area (Å²) in [7, 11) is 1.32. The largest absolute Gasteiger partial charge is 0.469 e. The van der Waals surface area contributed by atoms with Gasteiger partial charge in [-0.15, -0.1) is 0 Å². The molecule has 0 bridgehead atoms. The molecule has 0 fully saturated rings. The minimum atomic E-state index is -1.61. The molecule has 0 aromatic heterocycles. The van der Waals surface area contributed by atoms with Gasteiger partial charge in [0.25, 0.3) is 0 Å². The van der Waals surface area contributed by atoms with Crippen molar-refractivity contribution in [2.75, 3.05) is 26.8 Å². The molecule has 0 aromatic rings. The van der Waals surface area contributed by atoms with Crippen molar-refractivity contribution in [3.05, 3.63) is 0 Å². The van der Waals surface area contributed by atoms with E-state index in [0.717, 1.165) is 0 Å². The topological polar surface area (TPSA) is 139 Å². The molecule has 4 atom stereocenters. The van der Waals surface area contributed by atoms with Gasteiger partial charge in [-0.25, -0.2) is 0 Å². The third-order valence-corrected chi connectivity index (χ3v) is 2.89. The van der Waals surface area contributed by atoms with Crippen LogP contribution < -0.4 is 5.32 Å². The summed E-state index contributed by atoms with van der Waals surface area (Å²) < 4.78 is 4.48. The van der Waals surface area contributed by atoms with Gasteiger partial charge in [-0.2, -0.15) is 0 Å². The lowest BCUT2D eigenvalue weighted by Crippen LogP contribution is -2.49. The average molecular weight is 295 g/mol. The zero-order chi connectivity index (χ0) is 15.5. The second kappa shape index (κ2) is 11.0. The van der Waals surface area contributed by atoms with Crippen molar-refractivity contribution < 1.29 is 35.1 Å². The number of hydrogen-bond acceptors (Lipinski definition) is 8. The highest BCUT2D eigenvalue weighted by Crippen LogP contribution is 2.04. The van der Waals surface area contributed by atoms with E-state index in [9.17, 15) is 20.1 Å². The van der Waals surface area contributed by atoms with Crippen molar-refractivity contribution in [3.8, 4) is 0 Å². The fraction of sp³-hybridized carbons (Fsp3) is 0.917. The first-order chi connectivity index (χ1) is 9.43. The Kier molecular flexibility index (Phi) is 10.5.